The van der Waals surface area contributed by atoms with Crippen molar-refractivity contribution < 1.29 is 13.3 Å². The predicted molar refractivity (Wildman–Crippen MR) is 65.0 cm³/mol. The average molecular weight is 293 g/mol. The molecule has 9 heteroatoms. The highest BCUT2D eigenvalue weighted by molar-refractivity contribution is 7.94. The summed E-state index contributed by atoms with van der Waals surface area (Å²) in [6.07, 6.45) is 1.51. The molecule has 1 N–H and O–H groups in total. The van der Waals surface area contributed by atoms with Crippen molar-refractivity contribution in [2.45, 2.75) is 25.2 Å². The van der Waals surface area contributed by atoms with Crippen molar-refractivity contribution in [2.75, 3.05) is 0 Å². The molecule has 2 rings (SSSR count). The maximum Gasteiger partial charge on any atom is 0.224 e. The van der Waals surface area contributed by atoms with Gasteiger partial charge < -0.3 is 4.57 Å². The van der Waals surface area contributed by atoms with Gasteiger partial charge in [-0.15, -0.1) is 10.2 Å². The second-order valence-corrected chi connectivity index (χ2v) is 6.82. The molecule has 0 aliphatic carbocycles. The molecule has 0 saturated carbocycles. The van der Waals surface area contributed by atoms with E-state index in [0.717, 1.165) is 0 Å². The fourth-order valence-electron chi connectivity index (χ4n) is 1.42. The van der Waals surface area contributed by atoms with Crippen LogP contribution in [0.2, 0.25) is 5.28 Å². The zero-order chi connectivity index (χ0) is 13.6. The Morgan fingerprint density at radius 3 is 2.61 bits per heavy atom. The number of halogens is 1. The van der Waals surface area contributed by atoms with E-state index in [1.807, 2.05) is 0 Å². The van der Waals surface area contributed by atoms with Crippen LogP contribution in [0.4, 0.5) is 0 Å². The minimum absolute atomic E-state index is 0.0339. The van der Waals surface area contributed by atoms with Gasteiger partial charge in [0.1, 0.15) is 17.2 Å². The van der Waals surface area contributed by atoms with Crippen LogP contribution in [0.1, 0.15) is 19.7 Å². The molecule has 0 amide bonds. The van der Waals surface area contributed by atoms with Crippen LogP contribution in [0.3, 0.4) is 0 Å². The lowest BCUT2D eigenvalue weighted by Crippen LogP contribution is -2.22. The van der Waals surface area contributed by atoms with E-state index in [1.165, 1.54) is 10.6 Å². The predicted octanol–water partition coefficient (Wildman–Crippen LogP) is 0.538. The first-order valence-corrected chi connectivity index (χ1v) is 7.18. The van der Waals surface area contributed by atoms with Crippen molar-refractivity contribution >= 4 is 21.4 Å². The van der Waals surface area contributed by atoms with Crippen LogP contribution in [0.25, 0.3) is 0 Å². The molecule has 1 aromatic heterocycles. The highest BCUT2D eigenvalue weighted by Crippen LogP contribution is 2.23. The van der Waals surface area contributed by atoms with Crippen LogP contribution in [-0.2, 0) is 27.5 Å². The van der Waals surface area contributed by atoms with E-state index >= 15 is 0 Å². The Morgan fingerprint density at radius 2 is 2.17 bits per heavy atom. The van der Waals surface area contributed by atoms with Crippen molar-refractivity contribution in [3.05, 3.63) is 22.2 Å². The fraction of sp³-hybridized carbons (Fsp3) is 0.556. The molecule has 0 unspecified atom stereocenters. The molecular weight excluding hydrogens is 280 g/mol. The Bertz CT molecular complexity index is 605. The number of nitrogens with zero attached hydrogens (tertiary/aromatic N) is 3. The van der Waals surface area contributed by atoms with E-state index < -0.39 is 15.4 Å². The second kappa shape index (κ2) is 4.22. The summed E-state index contributed by atoms with van der Waals surface area (Å²) < 4.78 is 25.7. The van der Waals surface area contributed by atoms with Crippen molar-refractivity contribution in [2.24, 2.45) is 7.05 Å². The number of hydroxylamine groups is 1. The molecule has 7 nitrogen and oxygen atoms in total. The average Bonchev–Trinajstić information content (AvgIpc) is 2.76. The Hall–Kier alpha value is -1.12. The SMILES string of the molecule is Cn1c(Cl)nnc1CS(=O)(=O)C1=CC(C)(C)ON1. The maximum absolute atomic E-state index is 12.1. The lowest BCUT2D eigenvalue weighted by atomic mass is 10.1. The molecular formula is C9H13ClN4O3S. The van der Waals surface area contributed by atoms with E-state index in [4.69, 9.17) is 16.4 Å². The lowest BCUT2D eigenvalue weighted by molar-refractivity contribution is -0.0129. The summed E-state index contributed by atoms with van der Waals surface area (Å²) in [6, 6.07) is 0. The van der Waals surface area contributed by atoms with E-state index in [-0.39, 0.29) is 21.9 Å². The van der Waals surface area contributed by atoms with Gasteiger partial charge >= 0.3 is 0 Å². The van der Waals surface area contributed by atoms with Gasteiger partial charge in [-0.25, -0.2) is 8.42 Å². The molecule has 1 aromatic rings. The van der Waals surface area contributed by atoms with Gasteiger partial charge in [0, 0.05) is 7.05 Å². The number of aromatic nitrogens is 3. The molecule has 0 aromatic carbocycles. The van der Waals surface area contributed by atoms with Gasteiger partial charge in [-0.3, -0.25) is 10.3 Å². The highest BCUT2D eigenvalue weighted by Gasteiger charge is 2.32. The summed E-state index contributed by atoms with van der Waals surface area (Å²) in [5.74, 6) is -0.0194. The minimum atomic E-state index is -3.55. The molecule has 1 aliphatic heterocycles. The molecule has 0 fully saturated rings. The number of nitrogens with one attached hydrogen (secondary N) is 1. The first kappa shape index (κ1) is 13.3. The lowest BCUT2D eigenvalue weighted by Gasteiger charge is -2.11. The Labute approximate surface area is 110 Å². The largest absolute Gasteiger partial charge is 0.304 e. The van der Waals surface area contributed by atoms with E-state index in [2.05, 4.69) is 15.7 Å². The van der Waals surface area contributed by atoms with Gasteiger partial charge in [0.15, 0.2) is 5.03 Å². The molecule has 0 radical (unpaired) electrons. The minimum Gasteiger partial charge on any atom is -0.304 e. The summed E-state index contributed by atoms with van der Waals surface area (Å²) in [7, 11) is -1.95. The molecule has 0 bridgehead atoms. The van der Waals surface area contributed by atoms with E-state index in [9.17, 15) is 8.42 Å². The van der Waals surface area contributed by atoms with Crippen LogP contribution in [0.5, 0.6) is 0 Å². The molecule has 2 heterocycles. The number of hydrogen-bond acceptors (Lipinski definition) is 6. The number of sulfone groups is 1. The van der Waals surface area contributed by atoms with E-state index in [0.29, 0.717) is 0 Å². The summed E-state index contributed by atoms with van der Waals surface area (Å²) in [6.45, 7) is 3.50. The van der Waals surface area contributed by atoms with Gasteiger partial charge in [-0.2, -0.15) is 0 Å². The Balaban J connectivity index is 2.26. The first-order valence-electron chi connectivity index (χ1n) is 5.15. The zero-order valence-corrected chi connectivity index (χ0v) is 11.7. The fourth-order valence-corrected chi connectivity index (χ4v) is 2.94. The molecule has 0 atom stereocenters. The van der Waals surface area contributed by atoms with Crippen molar-refractivity contribution in [3.63, 3.8) is 0 Å². The van der Waals surface area contributed by atoms with E-state index in [1.54, 1.807) is 20.9 Å². The normalized spacial score (nSPS) is 18.6. The third-order valence-electron chi connectivity index (χ3n) is 2.46. The Morgan fingerprint density at radius 1 is 1.50 bits per heavy atom. The third-order valence-corrected chi connectivity index (χ3v) is 4.30. The number of rotatable bonds is 3. The molecule has 100 valence electrons. The quantitative estimate of drug-likeness (QED) is 0.875. The second-order valence-electron chi connectivity index (χ2n) is 4.52. The molecule has 1 aliphatic rings. The van der Waals surface area contributed by atoms with Crippen LogP contribution in [-0.4, -0.2) is 28.8 Å². The van der Waals surface area contributed by atoms with Crippen LogP contribution in [0, 0.1) is 0 Å². The zero-order valence-electron chi connectivity index (χ0n) is 10.1. The molecule has 0 saturated heterocycles. The standard InChI is InChI=1S/C9H13ClN4O3S/c1-9(2)4-7(13-17-9)18(15,16)5-6-11-12-8(10)14(6)3/h4,13H,5H2,1-3H3. The van der Waals surface area contributed by atoms with Crippen LogP contribution < -0.4 is 5.48 Å². The summed E-state index contributed by atoms with van der Waals surface area (Å²) in [5, 5.41) is 7.49. The third kappa shape index (κ3) is 2.50. The molecule has 0 spiro atoms. The summed E-state index contributed by atoms with van der Waals surface area (Å²) >= 11 is 5.70. The monoisotopic (exact) mass is 292 g/mol. The van der Waals surface area contributed by atoms with Crippen molar-refractivity contribution in [1.82, 2.24) is 20.2 Å². The summed E-state index contributed by atoms with van der Waals surface area (Å²) in [5.41, 5.74) is 1.76. The first-order chi connectivity index (χ1) is 8.21. The van der Waals surface area contributed by atoms with Gasteiger partial charge in [0.05, 0.1) is 0 Å². The van der Waals surface area contributed by atoms with Crippen molar-refractivity contribution in [1.29, 1.82) is 0 Å². The van der Waals surface area contributed by atoms with Gasteiger partial charge in [0.25, 0.3) is 0 Å². The smallest absolute Gasteiger partial charge is 0.224 e. The highest BCUT2D eigenvalue weighted by atomic mass is 35.5. The van der Waals surface area contributed by atoms with Crippen LogP contribution in [0.15, 0.2) is 11.1 Å². The molecule has 18 heavy (non-hydrogen) atoms. The van der Waals surface area contributed by atoms with Crippen LogP contribution >= 0.6 is 11.6 Å². The maximum atomic E-state index is 12.1. The van der Waals surface area contributed by atoms with Gasteiger partial charge in [0.2, 0.25) is 15.1 Å². The summed E-state index contributed by atoms with van der Waals surface area (Å²) in [4.78, 5) is 5.12. The van der Waals surface area contributed by atoms with Crippen molar-refractivity contribution in [3.8, 4) is 0 Å². The topological polar surface area (TPSA) is 86.1 Å². The number of hydrogen-bond donors (Lipinski definition) is 1. The Kier molecular flexibility index (Phi) is 3.12. The van der Waals surface area contributed by atoms with Gasteiger partial charge in [-0.1, -0.05) is 0 Å². The van der Waals surface area contributed by atoms with Gasteiger partial charge in [-0.05, 0) is 31.5 Å².